The van der Waals surface area contributed by atoms with E-state index in [0.29, 0.717) is 34.0 Å². The van der Waals surface area contributed by atoms with Gasteiger partial charge in [-0.3, -0.25) is 0 Å². The van der Waals surface area contributed by atoms with Gasteiger partial charge in [0.1, 0.15) is 5.82 Å². The largest absolute Gasteiger partial charge is 0.505 e. The van der Waals surface area contributed by atoms with Crippen LogP contribution in [0.2, 0.25) is 0 Å². The lowest BCUT2D eigenvalue weighted by molar-refractivity contribution is 0.181. The van der Waals surface area contributed by atoms with E-state index in [1.54, 1.807) is 20.2 Å². The molecule has 0 amide bonds. The Morgan fingerprint density at radius 2 is 2.15 bits per heavy atom. The number of phenols is 1. The van der Waals surface area contributed by atoms with Crippen molar-refractivity contribution in [3.8, 4) is 17.1 Å². The Bertz CT molecular complexity index is 637. The fourth-order valence-corrected chi connectivity index (χ4v) is 2.16. The van der Waals surface area contributed by atoms with Gasteiger partial charge in [-0.1, -0.05) is 0 Å². The smallest absolute Gasteiger partial charge is 0.165 e. The van der Waals surface area contributed by atoms with Crippen LogP contribution in [-0.2, 0) is 11.3 Å². The number of ether oxygens (including phenoxy) is 1. The van der Waals surface area contributed by atoms with Crippen molar-refractivity contribution in [3.05, 3.63) is 34.2 Å². The van der Waals surface area contributed by atoms with Crippen LogP contribution in [0, 0.1) is 5.82 Å². The molecule has 7 heteroatoms. The topological polar surface area (TPSA) is 67.3 Å². The van der Waals surface area contributed by atoms with Gasteiger partial charge in [-0.2, -0.15) is 0 Å². The number of nitrogens with zero attached hydrogens (tertiary/aromatic N) is 2. The second kappa shape index (κ2) is 6.15. The van der Waals surface area contributed by atoms with Crippen LogP contribution in [0.15, 0.2) is 22.7 Å². The summed E-state index contributed by atoms with van der Waals surface area (Å²) in [5.74, 6) is -0.191. The number of aromatic hydroxyl groups is 1. The molecule has 106 valence electrons. The van der Waals surface area contributed by atoms with Crippen LogP contribution in [0.1, 0.15) is 5.69 Å². The lowest BCUT2D eigenvalue weighted by atomic mass is 10.2. The van der Waals surface area contributed by atoms with Gasteiger partial charge in [0.25, 0.3) is 0 Å². The summed E-state index contributed by atoms with van der Waals surface area (Å²) in [5, 5.41) is 12.2. The van der Waals surface area contributed by atoms with Gasteiger partial charge in [0.05, 0.1) is 16.8 Å². The predicted octanol–water partition coefficient (Wildman–Crippen LogP) is 2.94. The molecule has 0 radical (unpaired) electrons. The monoisotopic (exact) mass is 341 g/mol. The highest BCUT2D eigenvalue weighted by molar-refractivity contribution is 9.10. The molecular weight excluding hydrogens is 329 g/mol. The second-order valence-corrected chi connectivity index (χ2v) is 4.80. The number of halogens is 2. The zero-order valence-electron chi connectivity index (χ0n) is 10.9. The van der Waals surface area contributed by atoms with Crippen molar-refractivity contribution in [1.82, 2.24) is 9.97 Å². The molecule has 0 spiro atoms. The van der Waals surface area contributed by atoms with Gasteiger partial charge in [-0.25, -0.2) is 14.4 Å². The van der Waals surface area contributed by atoms with E-state index in [9.17, 15) is 9.50 Å². The quantitative estimate of drug-likeness (QED) is 0.894. The molecule has 2 rings (SSSR count). The third-order valence-corrected chi connectivity index (χ3v) is 3.48. The molecule has 0 saturated carbocycles. The van der Waals surface area contributed by atoms with E-state index < -0.39 is 11.6 Å². The maximum absolute atomic E-state index is 13.4. The lowest BCUT2D eigenvalue weighted by Crippen LogP contribution is -2.04. The Hall–Kier alpha value is -1.73. The van der Waals surface area contributed by atoms with Crippen LogP contribution >= 0.6 is 15.9 Å². The Kier molecular flexibility index (Phi) is 4.51. The molecule has 0 saturated heterocycles. The number of anilines is 1. The minimum atomic E-state index is -0.715. The van der Waals surface area contributed by atoms with E-state index in [1.165, 1.54) is 12.1 Å². The van der Waals surface area contributed by atoms with Gasteiger partial charge in [0.15, 0.2) is 17.4 Å². The summed E-state index contributed by atoms with van der Waals surface area (Å²) in [4.78, 5) is 8.64. The van der Waals surface area contributed by atoms with E-state index in [2.05, 4.69) is 31.2 Å². The first-order valence-electron chi connectivity index (χ1n) is 5.78. The van der Waals surface area contributed by atoms with Gasteiger partial charge >= 0.3 is 0 Å². The zero-order valence-corrected chi connectivity index (χ0v) is 12.5. The van der Waals surface area contributed by atoms with Crippen molar-refractivity contribution in [2.24, 2.45) is 0 Å². The Morgan fingerprint density at radius 3 is 2.75 bits per heavy atom. The van der Waals surface area contributed by atoms with Crippen LogP contribution in [0.3, 0.4) is 0 Å². The lowest BCUT2D eigenvalue weighted by Gasteiger charge is -2.11. The number of hydrogen-bond donors (Lipinski definition) is 2. The molecule has 0 bridgehead atoms. The number of rotatable bonds is 4. The third kappa shape index (κ3) is 2.88. The minimum Gasteiger partial charge on any atom is -0.505 e. The van der Waals surface area contributed by atoms with Gasteiger partial charge in [0.2, 0.25) is 0 Å². The number of aromatic nitrogens is 2. The number of benzene rings is 1. The number of methoxy groups -OCH3 is 1. The van der Waals surface area contributed by atoms with E-state index in [-0.39, 0.29) is 0 Å². The average Bonchev–Trinajstić information content (AvgIpc) is 2.44. The van der Waals surface area contributed by atoms with Gasteiger partial charge < -0.3 is 15.2 Å². The number of phenolic OH excluding ortho intramolecular Hbond substituents is 1. The molecule has 0 atom stereocenters. The zero-order chi connectivity index (χ0) is 14.7. The molecule has 1 heterocycles. The molecule has 5 nitrogen and oxygen atoms in total. The standard InChI is InChI=1S/C13H13BrFN3O2/c1-16-13-11(14)9(6-20-2)17-12(18-13)7-3-4-10(19)8(15)5-7/h3-5,19H,6H2,1-2H3,(H,16,17,18). The summed E-state index contributed by atoms with van der Waals surface area (Å²) in [5.41, 5.74) is 1.12. The highest BCUT2D eigenvalue weighted by Crippen LogP contribution is 2.29. The van der Waals surface area contributed by atoms with Crippen LogP contribution < -0.4 is 5.32 Å². The van der Waals surface area contributed by atoms with Crippen molar-refractivity contribution in [2.75, 3.05) is 19.5 Å². The van der Waals surface area contributed by atoms with Crippen LogP contribution in [-0.4, -0.2) is 29.2 Å². The molecule has 1 aromatic heterocycles. The Balaban J connectivity index is 2.55. The minimum absolute atomic E-state index is 0.297. The van der Waals surface area contributed by atoms with E-state index >= 15 is 0 Å². The summed E-state index contributed by atoms with van der Waals surface area (Å²) in [6.07, 6.45) is 0. The fourth-order valence-electron chi connectivity index (χ4n) is 1.67. The number of hydrogen-bond acceptors (Lipinski definition) is 5. The van der Waals surface area contributed by atoms with Crippen LogP contribution in [0.25, 0.3) is 11.4 Å². The van der Waals surface area contributed by atoms with Crippen molar-refractivity contribution in [1.29, 1.82) is 0 Å². The first-order valence-corrected chi connectivity index (χ1v) is 6.58. The molecular formula is C13H13BrFN3O2. The SMILES string of the molecule is CNc1nc(-c2ccc(O)c(F)c2)nc(COC)c1Br. The van der Waals surface area contributed by atoms with Crippen LogP contribution in [0.5, 0.6) is 5.75 Å². The molecule has 2 N–H and O–H groups in total. The van der Waals surface area contributed by atoms with Gasteiger partial charge in [0, 0.05) is 19.7 Å². The molecule has 0 unspecified atom stereocenters. The molecule has 0 fully saturated rings. The highest BCUT2D eigenvalue weighted by atomic mass is 79.9. The molecule has 1 aromatic carbocycles. The summed E-state index contributed by atoms with van der Waals surface area (Å²) >= 11 is 3.39. The summed E-state index contributed by atoms with van der Waals surface area (Å²) in [6.45, 7) is 0.297. The van der Waals surface area contributed by atoms with Crippen molar-refractivity contribution >= 4 is 21.7 Å². The highest BCUT2D eigenvalue weighted by Gasteiger charge is 2.13. The third-order valence-electron chi connectivity index (χ3n) is 2.64. The average molecular weight is 342 g/mol. The molecule has 0 aliphatic carbocycles. The first kappa shape index (κ1) is 14.7. The van der Waals surface area contributed by atoms with E-state index in [4.69, 9.17) is 4.74 Å². The second-order valence-electron chi connectivity index (χ2n) is 4.01. The Morgan fingerprint density at radius 1 is 1.40 bits per heavy atom. The predicted molar refractivity (Wildman–Crippen MR) is 77.1 cm³/mol. The molecule has 20 heavy (non-hydrogen) atoms. The summed E-state index contributed by atoms with van der Waals surface area (Å²) < 4.78 is 19.2. The maximum Gasteiger partial charge on any atom is 0.165 e. The van der Waals surface area contributed by atoms with E-state index in [1.807, 2.05) is 0 Å². The normalized spacial score (nSPS) is 10.6. The van der Waals surface area contributed by atoms with E-state index in [0.717, 1.165) is 0 Å². The van der Waals surface area contributed by atoms with Crippen LogP contribution in [0.4, 0.5) is 10.2 Å². The van der Waals surface area contributed by atoms with Crippen molar-refractivity contribution in [3.63, 3.8) is 0 Å². The molecule has 0 aliphatic rings. The van der Waals surface area contributed by atoms with Crippen molar-refractivity contribution < 1.29 is 14.2 Å². The fraction of sp³-hybridized carbons (Fsp3) is 0.231. The first-order chi connectivity index (χ1) is 9.56. The summed E-state index contributed by atoms with van der Waals surface area (Å²) in [7, 11) is 3.29. The maximum atomic E-state index is 13.4. The Labute approximate surface area is 124 Å². The van der Waals surface area contributed by atoms with Gasteiger partial charge in [-0.05, 0) is 34.1 Å². The van der Waals surface area contributed by atoms with Gasteiger partial charge in [-0.15, -0.1) is 0 Å². The summed E-state index contributed by atoms with van der Waals surface area (Å²) in [6, 6.07) is 4.01. The molecule has 2 aromatic rings. The molecule has 0 aliphatic heterocycles. The number of nitrogens with one attached hydrogen (secondary N) is 1. The van der Waals surface area contributed by atoms with Crippen molar-refractivity contribution in [2.45, 2.75) is 6.61 Å².